The van der Waals surface area contributed by atoms with Crippen LogP contribution in [0.25, 0.3) is 10.6 Å². The normalized spacial score (nSPS) is 10.7. The zero-order valence-electron chi connectivity index (χ0n) is 11.0. The van der Waals surface area contributed by atoms with Crippen LogP contribution < -0.4 is 0 Å². The molecule has 2 aromatic heterocycles. The van der Waals surface area contributed by atoms with E-state index >= 15 is 0 Å². The first-order valence-electron chi connectivity index (χ1n) is 6.36. The minimum Gasteiger partial charge on any atom is -0.396 e. The number of hydrogen-bond acceptors (Lipinski definition) is 5. The number of aliphatic hydroxyl groups is 2. The van der Waals surface area contributed by atoms with E-state index < -0.39 is 0 Å². The van der Waals surface area contributed by atoms with E-state index in [-0.39, 0.29) is 25.7 Å². The van der Waals surface area contributed by atoms with Crippen molar-refractivity contribution in [3.05, 3.63) is 29.3 Å². The van der Waals surface area contributed by atoms with Gasteiger partial charge in [-0.05, 0) is 23.9 Å². The van der Waals surface area contributed by atoms with Crippen molar-refractivity contribution in [2.75, 3.05) is 26.3 Å². The predicted molar refractivity (Wildman–Crippen MR) is 76.6 cm³/mol. The summed E-state index contributed by atoms with van der Waals surface area (Å²) in [5.41, 5.74) is 1.12. The molecule has 108 valence electrons. The Bertz CT molecular complexity index is 539. The molecule has 0 aliphatic carbocycles. The van der Waals surface area contributed by atoms with Crippen LogP contribution in [0.2, 0.25) is 0 Å². The molecule has 0 radical (unpaired) electrons. The van der Waals surface area contributed by atoms with E-state index in [1.807, 2.05) is 17.5 Å². The fourth-order valence-electron chi connectivity index (χ4n) is 1.85. The van der Waals surface area contributed by atoms with Gasteiger partial charge in [-0.3, -0.25) is 9.89 Å². The third-order valence-electron chi connectivity index (χ3n) is 2.83. The number of aromatic nitrogens is 2. The summed E-state index contributed by atoms with van der Waals surface area (Å²) in [6.45, 7) is 0.534. The zero-order chi connectivity index (χ0) is 14.4. The Morgan fingerprint density at radius 3 is 2.85 bits per heavy atom. The molecule has 2 heterocycles. The first-order chi connectivity index (χ1) is 9.76. The molecule has 0 aliphatic rings. The van der Waals surface area contributed by atoms with Crippen molar-refractivity contribution in [1.29, 1.82) is 0 Å². The highest BCUT2D eigenvalue weighted by Crippen LogP contribution is 2.23. The second kappa shape index (κ2) is 7.18. The van der Waals surface area contributed by atoms with Crippen LogP contribution in [0.5, 0.6) is 0 Å². The van der Waals surface area contributed by atoms with Gasteiger partial charge in [-0.15, -0.1) is 11.3 Å². The van der Waals surface area contributed by atoms with Crippen LogP contribution in [0.15, 0.2) is 23.6 Å². The van der Waals surface area contributed by atoms with Crippen molar-refractivity contribution >= 4 is 17.2 Å². The largest absolute Gasteiger partial charge is 0.396 e. The van der Waals surface area contributed by atoms with Crippen LogP contribution in [-0.2, 0) is 0 Å². The number of nitrogens with zero attached hydrogens (tertiary/aromatic N) is 2. The van der Waals surface area contributed by atoms with Crippen molar-refractivity contribution in [2.24, 2.45) is 0 Å². The highest BCUT2D eigenvalue weighted by Gasteiger charge is 2.18. The Labute approximate surface area is 120 Å². The highest BCUT2D eigenvalue weighted by atomic mass is 32.1. The van der Waals surface area contributed by atoms with Crippen molar-refractivity contribution in [3.63, 3.8) is 0 Å². The summed E-state index contributed by atoms with van der Waals surface area (Å²) in [5, 5.41) is 26.7. The first-order valence-corrected chi connectivity index (χ1v) is 7.24. The van der Waals surface area contributed by atoms with Crippen LogP contribution in [-0.4, -0.2) is 57.5 Å². The van der Waals surface area contributed by atoms with Crippen molar-refractivity contribution in [2.45, 2.75) is 6.42 Å². The number of H-pyrrole nitrogens is 1. The lowest BCUT2D eigenvalue weighted by molar-refractivity contribution is 0.0704. The smallest absolute Gasteiger partial charge is 0.274 e. The Hall–Kier alpha value is -1.70. The van der Waals surface area contributed by atoms with Gasteiger partial charge >= 0.3 is 0 Å². The van der Waals surface area contributed by atoms with Crippen LogP contribution in [0.1, 0.15) is 16.9 Å². The van der Waals surface area contributed by atoms with Gasteiger partial charge in [0.05, 0.1) is 17.2 Å². The molecule has 0 aliphatic heterocycles. The lowest BCUT2D eigenvalue weighted by Gasteiger charge is -2.19. The summed E-state index contributed by atoms with van der Waals surface area (Å²) in [7, 11) is 0. The number of rotatable bonds is 7. The average Bonchev–Trinajstić information content (AvgIpc) is 3.12. The topological polar surface area (TPSA) is 89.5 Å². The van der Waals surface area contributed by atoms with Crippen LogP contribution >= 0.6 is 11.3 Å². The maximum absolute atomic E-state index is 12.3. The molecular weight excluding hydrogens is 278 g/mol. The molecule has 0 bridgehead atoms. The molecular formula is C13H17N3O3S. The number of hydrogen-bond donors (Lipinski definition) is 3. The SMILES string of the molecule is O=C(c1cc(-c2cccs2)[nH]n1)N(CCO)CCCO. The molecule has 0 saturated carbocycles. The van der Waals surface area contributed by atoms with E-state index in [2.05, 4.69) is 10.2 Å². The van der Waals surface area contributed by atoms with Gasteiger partial charge in [-0.25, -0.2) is 0 Å². The average molecular weight is 295 g/mol. The van der Waals surface area contributed by atoms with E-state index in [4.69, 9.17) is 10.2 Å². The van der Waals surface area contributed by atoms with Gasteiger partial charge in [0, 0.05) is 19.7 Å². The molecule has 0 atom stereocenters. The molecule has 0 fully saturated rings. The van der Waals surface area contributed by atoms with Crippen molar-refractivity contribution < 1.29 is 15.0 Å². The van der Waals surface area contributed by atoms with Gasteiger partial charge in [0.25, 0.3) is 5.91 Å². The number of aliphatic hydroxyl groups excluding tert-OH is 2. The van der Waals surface area contributed by atoms with E-state index in [1.165, 1.54) is 4.90 Å². The van der Waals surface area contributed by atoms with E-state index in [1.54, 1.807) is 17.4 Å². The lowest BCUT2D eigenvalue weighted by atomic mass is 10.2. The fraction of sp³-hybridized carbons (Fsp3) is 0.385. The molecule has 20 heavy (non-hydrogen) atoms. The molecule has 1 amide bonds. The molecule has 0 spiro atoms. The van der Waals surface area contributed by atoms with Crippen LogP contribution in [0, 0.1) is 0 Å². The highest BCUT2D eigenvalue weighted by molar-refractivity contribution is 7.13. The fourth-order valence-corrected chi connectivity index (χ4v) is 2.54. The number of amides is 1. The Kier molecular flexibility index (Phi) is 5.28. The molecule has 3 N–H and O–H groups in total. The minimum atomic E-state index is -0.244. The van der Waals surface area contributed by atoms with Crippen molar-refractivity contribution in [1.82, 2.24) is 15.1 Å². The van der Waals surface area contributed by atoms with Crippen LogP contribution in [0.3, 0.4) is 0 Å². The summed E-state index contributed by atoms with van der Waals surface area (Å²) in [6, 6.07) is 5.59. The third-order valence-corrected chi connectivity index (χ3v) is 3.73. The maximum atomic E-state index is 12.3. The molecule has 0 aromatic carbocycles. The second-order valence-electron chi connectivity index (χ2n) is 4.24. The molecule has 6 nitrogen and oxygen atoms in total. The van der Waals surface area contributed by atoms with E-state index in [0.717, 1.165) is 10.6 Å². The van der Waals surface area contributed by atoms with E-state index in [0.29, 0.717) is 18.7 Å². The Balaban J connectivity index is 2.10. The van der Waals surface area contributed by atoms with Gasteiger partial charge in [0.1, 0.15) is 0 Å². The second-order valence-corrected chi connectivity index (χ2v) is 5.18. The summed E-state index contributed by atoms with van der Waals surface area (Å²) in [6.07, 6.45) is 0.480. The number of nitrogens with one attached hydrogen (secondary N) is 1. The molecule has 2 rings (SSSR count). The Morgan fingerprint density at radius 1 is 1.35 bits per heavy atom. The standard InChI is InChI=1S/C13H17N3O3S/c17-6-2-4-16(5-7-18)13(19)11-9-10(14-15-11)12-3-1-8-20-12/h1,3,8-9,17-18H,2,4-7H2,(H,14,15). The molecule has 0 unspecified atom stereocenters. The summed E-state index contributed by atoms with van der Waals surface area (Å²) < 4.78 is 0. The van der Waals surface area contributed by atoms with Gasteiger partial charge in [0.15, 0.2) is 5.69 Å². The molecule has 2 aromatic rings. The number of carbonyl (C=O) groups is 1. The van der Waals surface area contributed by atoms with Gasteiger partial charge in [-0.1, -0.05) is 6.07 Å². The summed E-state index contributed by atoms with van der Waals surface area (Å²) in [5.74, 6) is -0.244. The number of thiophene rings is 1. The van der Waals surface area contributed by atoms with Gasteiger partial charge in [-0.2, -0.15) is 5.10 Å². The quantitative estimate of drug-likeness (QED) is 0.709. The molecule has 7 heteroatoms. The monoisotopic (exact) mass is 295 g/mol. The Morgan fingerprint density at radius 2 is 2.20 bits per heavy atom. The van der Waals surface area contributed by atoms with Gasteiger partial charge in [0.2, 0.25) is 0 Å². The third kappa shape index (κ3) is 3.44. The number of carbonyl (C=O) groups excluding carboxylic acids is 1. The zero-order valence-corrected chi connectivity index (χ0v) is 11.8. The van der Waals surface area contributed by atoms with Crippen LogP contribution in [0.4, 0.5) is 0 Å². The van der Waals surface area contributed by atoms with E-state index in [9.17, 15) is 4.79 Å². The first kappa shape index (κ1) is 14.7. The lowest BCUT2D eigenvalue weighted by Crippen LogP contribution is -2.35. The molecule has 0 saturated heterocycles. The van der Waals surface area contributed by atoms with Crippen molar-refractivity contribution in [3.8, 4) is 10.6 Å². The summed E-state index contributed by atoms with van der Waals surface area (Å²) in [4.78, 5) is 14.8. The maximum Gasteiger partial charge on any atom is 0.274 e. The predicted octanol–water partition coefficient (Wildman–Crippen LogP) is 0.955. The minimum absolute atomic E-state index is 0.0101. The summed E-state index contributed by atoms with van der Waals surface area (Å²) >= 11 is 1.56. The van der Waals surface area contributed by atoms with Gasteiger partial charge < -0.3 is 15.1 Å². The number of aromatic amines is 1.